The van der Waals surface area contributed by atoms with Crippen LogP contribution in [0.3, 0.4) is 0 Å². The molecule has 0 spiro atoms. The Bertz CT molecular complexity index is 398. The Balaban J connectivity index is 2.57. The van der Waals surface area contributed by atoms with E-state index in [1.165, 1.54) is 13.2 Å². The van der Waals surface area contributed by atoms with Gasteiger partial charge in [0.25, 0.3) is 0 Å². The number of hydrogen-bond donors (Lipinski definition) is 0. The molecule has 0 aromatic rings. The molecule has 0 aliphatic heterocycles. The SMILES string of the molecule is COC(=O)/C=C\[C@H]1[C@@H](C(=O)OCC(Cl)(Cl)Cl)C1(C)C. The molecule has 0 heterocycles. The van der Waals surface area contributed by atoms with Gasteiger partial charge in [0.1, 0.15) is 6.61 Å². The number of esters is 2. The average Bonchev–Trinajstić information content (AvgIpc) is 2.84. The molecule has 1 aliphatic carbocycles. The van der Waals surface area contributed by atoms with Crippen LogP contribution in [0.25, 0.3) is 0 Å². The molecule has 0 N–H and O–H groups in total. The maximum Gasteiger partial charge on any atom is 0.330 e. The van der Waals surface area contributed by atoms with Crippen molar-refractivity contribution in [2.24, 2.45) is 17.3 Å². The number of carbonyl (C=O) groups is 2. The Kier molecular flexibility index (Phi) is 5.15. The molecular weight excluding hydrogens is 314 g/mol. The minimum Gasteiger partial charge on any atom is -0.466 e. The topological polar surface area (TPSA) is 52.6 Å². The van der Waals surface area contributed by atoms with Crippen molar-refractivity contribution in [1.29, 1.82) is 0 Å². The molecule has 1 rings (SSSR count). The van der Waals surface area contributed by atoms with Crippen molar-refractivity contribution in [3.05, 3.63) is 12.2 Å². The summed E-state index contributed by atoms with van der Waals surface area (Å²) in [4.78, 5) is 22.9. The van der Waals surface area contributed by atoms with Crippen molar-refractivity contribution < 1.29 is 19.1 Å². The average molecular weight is 330 g/mol. The molecule has 0 bridgehead atoms. The van der Waals surface area contributed by atoms with Crippen LogP contribution in [0.15, 0.2) is 12.2 Å². The monoisotopic (exact) mass is 328 g/mol. The molecule has 0 aromatic heterocycles. The molecular formula is C12H15Cl3O4. The normalized spacial score (nSPS) is 25.2. The minimum atomic E-state index is -1.62. The zero-order valence-corrected chi connectivity index (χ0v) is 13.1. The Hall–Kier alpha value is -0.450. The van der Waals surface area contributed by atoms with Gasteiger partial charge in [-0.15, -0.1) is 0 Å². The van der Waals surface area contributed by atoms with Gasteiger partial charge in [0.15, 0.2) is 0 Å². The van der Waals surface area contributed by atoms with E-state index in [0.717, 1.165) is 0 Å². The predicted molar refractivity (Wildman–Crippen MR) is 73.2 cm³/mol. The van der Waals surface area contributed by atoms with E-state index in [1.807, 2.05) is 13.8 Å². The first-order valence-corrected chi connectivity index (χ1v) is 6.72. The van der Waals surface area contributed by atoms with Crippen LogP contribution in [-0.2, 0) is 19.1 Å². The highest BCUT2D eigenvalue weighted by atomic mass is 35.6. The zero-order valence-electron chi connectivity index (χ0n) is 10.8. The van der Waals surface area contributed by atoms with Gasteiger partial charge >= 0.3 is 11.9 Å². The number of allylic oxidation sites excluding steroid dienone is 1. The predicted octanol–water partition coefficient (Wildman–Crippen LogP) is 2.90. The molecule has 108 valence electrons. The fourth-order valence-corrected chi connectivity index (χ4v) is 2.14. The van der Waals surface area contributed by atoms with E-state index in [1.54, 1.807) is 6.08 Å². The quantitative estimate of drug-likeness (QED) is 0.452. The van der Waals surface area contributed by atoms with Crippen LogP contribution in [0.5, 0.6) is 0 Å². The van der Waals surface area contributed by atoms with Gasteiger partial charge in [-0.1, -0.05) is 54.7 Å². The summed E-state index contributed by atoms with van der Waals surface area (Å²) >= 11 is 16.5. The molecule has 7 heteroatoms. The van der Waals surface area contributed by atoms with Gasteiger partial charge in [0, 0.05) is 6.08 Å². The summed E-state index contributed by atoms with van der Waals surface area (Å²) in [5, 5.41) is 0. The van der Waals surface area contributed by atoms with Crippen LogP contribution in [0, 0.1) is 17.3 Å². The highest BCUT2D eigenvalue weighted by Gasteiger charge is 2.61. The number of carbonyl (C=O) groups excluding carboxylic acids is 2. The highest BCUT2D eigenvalue weighted by molar-refractivity contribution is 6.67. The number of hydrogen-bond acceptors (Lipinski definition) is 4. The first-order valence-electron chi connectivity index (χ1n) is 5.59. The van der Waals surface area contributed by atoms with Crippen molar-refractivity contribution in [2.45, 2.75) is 17.6 Å². The fourth-order valence-electron chi connectivity index (χ4n) is 1.98. The van der Waals surface area contributed by atoms with E-state index in [9.17, 15) is 9.59 Å². The van der Waals surface area contributed by atoms with Crippen molar-refractivity contribution in [3.8, 4) is 0 Å². The van der Waals surface area contributed by atoms with Gasteiger partial charge in [-0.3, -0.25) is 4.79 Å². The lowest BCUT2D eigenvalue weighted by molar-refractivity contribution is -0.146. The van der Waals surface area contributed by atoms with Crippen LogP contribution in [0.4, 0.5) is 0 Å². The summed E-state index contributed by atoms with van der Waals surface area (Å²) in [7, 11) is 1.29. The second-order valence-corrected chi connectivity index (χ2v) is 7.45. The van der Waals surface area contributed by atoms with Gasteiger partial charge in [0.05, 0.1) is 13.0 Å². The van der Waals surface area contributed by atoms with E-state index in [4.69, 9.17) is 39.5 Å². The van der Waals surface area contributed by atoms with Gasteiger partial charge in [-0.2, -0.15) is 0 Å². The molecule has 0 aromatic carbocycles. The molecule has 19 heavy (non-hydrogen) atoms. The molecule has 1 fully saturated rings. The van der Waals surface area contributed by atoms with Gasteiger partial charge in [0.2, 0.25) is 3.79 Å². The maximum atomic E-state index is 11.8. The first kappa shape index (κ1) is 16.6. The molecule has 0 unspecified atom stereocenters. The summed E-state index contributed by atoms with van der Waals surface area (Å²) in [6, 6.07) is 0. The Labute approximate surface area is 127 Å². The van der Waals surface area contributed by atoms with E-state index < -0.39 is 15.7 Å². The molecule has 4 nitrogen and oxygen atoms in total. The lowest BCUT2D eigenvalue weighted by Crippen LogP contribution is -2.19. The molecule has 2 atom stereocenters. The largest absolute Gasteiger partial charge is 0.466 e. The van der Waals surface area contributed by atoms with Crippen LogP contribution >= 0.6 is 34.8 Å². The first-order chi connectivity index (χ1) is 8.59. The number of alkyl halides is 3. The van der Waals surface area contributed by atoms with E-state index in [-0.39, 0.29) is 23.9 Å². The molecule has 0 amide bonds. The number of methoxy groups -OCH3 is 1. The maximum absolute atomic E-state index is 11.8. The third-order valence-corrected chi connectivity index (χ3v) is 3.51. The lowest BCUT2D eigenvalue weighted by Gasteiger charge is -2.11. The summed E-state index contributed by atoms with van der Waals surface area (Å²) in [5.74, 6) is -1.33. The fraction of sp³-hybridized carbons (Fsp3) is 0.667. The van der Waals surface area contributed by atoms with Crippen molar-refractivity contribution in [2.75, 3.05) is 13.7 Å². The lowest BCUT2D eigenvalue weighted by atomic mass is 10.1. The number of rotatable bonds is 4. The molecule has 0 radical (unpaired) electrons. The summed E-state index contributed by atoms with van der Waals surface area (Å²) < 4.78 is 7.82. The van der Waals surface area contributed by atoms with Gasteiger partial charge in [-0.05, 0) is 11.3 Å². The second-order valence-electron chi connectivity index (χ2n) is 4.93. The molecule has 0 saturated heterocycles. The summed E-state index contributed by atoms with van der Waals surface area (Å²) in [6.07, 6.45) is 2.95. The van der Waals surface area contributed by atoms with E-state index >= 15 is 0 Å². The van der Waals surface area contributed by atoms with E-state index in [0.29, 0.717) is 0 Å². The molecule has 1 saturated carbocycles. The Morgan fingerprint density at radius 3 is 2.37 bits per heavy atom. The standard InChI is InChI=1S/C12H15Cl3O4/c1-11(2)7(4-5-8(16)18-3)9(11)10(17)19-6-12(13,14)15/h4-5,7,9H,6H2,1-3H3/b5-4-/t7-,9-/m0/s1. The summed E-state index contributed by atoms with van der Waals surface area (Å²) in [6.45, 7) is 3.51. The molecule has 1 aliphatic rings. The number of ether oxygens (including phenoxy) is 2. The van der Waals surface area contributed by atoms with Crippen LogP contribution < -0.4 is 0 Å². The van der Waals surface area contributed by atoms with Gasteiger partial charge < -0.3 is 9.47 Å². The highest BCUT2D eigenvalue weighted by Crippen LogP contribution is 2.59. The third kappa shape index (κ3) is 4.55. The Morgan fingerprint density at radius 1 is 1.32 bits per heavy atom. The smallest absolute Gasteiger partial charge is 0.330 e. The Morgan fingerprint density at radius 2 is 1.89 bits per heavy atom. The van der Waals surface area contributed by atoms with Crippen molar-refractivity contribution in [3.63, 3.8) is 0 Å². The third-order valence-electron chi connectivity index (χ3n) is 3.18. The zero-order chi connectivity index (χ0) is 14.8. The van der Waals surface area contributed by atoms with E-state index in [2.05, 4.69) is 4.74 Å². The number of halogens is 3. The second kappa shape index (κ2) is 5.90. The van der Waals surface area contributed by atoms with Crippen LogP contribution in [0.2, 0.25) is 0 Å². The van der Waals surface area contributed by atoms with Crippen LogP contribution in [-0.4, -0.2) is 29.4 Å². The summed E-state index contributed by atoms with van der Waals surface area (Å²) in [5.41, 5.74) is -0.283. The van der Waals surface area contributed by atoms with Crippen molar-refractivity contribution in [1.82, 2.24) is 0 Å². The van der Waals surface area contributed by atoms with Crippen LogP contribution in [0.1, 0.15) is 13.8 Å². The van der Waals surface area contributed by atoms with Gasteiger partial charge in [-0.25, -0.2) is 4.79 Å². The minimum absolute atomic E-state index is 0.0884. The van der Waals surface area contributed by atoms with Crippen molar-refractivity contribution >= 4 is 46.7 Å².